The van der Waals surface area contributed by atoms with Crippen molar-refractivity contribution in [2.45, 2.75) is 17.7 Å². The molecule has 5 heteroatoms. The first-order valence-electron chi connectivity index (χ1n) is 5.72. The normalized spacial score (nSPS) is 17.5. The molecule has 17 heavy (non-hydrogen) atoms. The van der Waals surface area contributed by atoms with Crippen LogP contribution in [0.25, 0.3) is 0 Å². The van der Waals surface area contributed by atoms with E-state index < -0.39 is 9.84 Å². The molecule has 1 N–H and O–H groups in total. The number of hydrogen-bond acceptors (Lipinski definition) is 4. The van der Waals surface area contributed by atoms with E-state index in [9.17, 15) is 8.42 Å². The number of aryl methyl sites for hydroxylation is 1. The van der Waals surface area contributed by atoms with Crippen molar-refractivity contribution in [3.8, 4) is 0 Å². The van der Waals surface area contributed by atoms with Crippen LogP contribution in [0.3, 0.4) is 0 Å². The summed E-state index contributed by atoms with van der Waals surface area (Å²) in [6.07, 6.45) is 1.51. The Bertz CT molecular complexity index is 510. The SMILES string of the molecule is CN(CCO)c1ccc2c(c1)CCCS2(=O)=O. The summed E-state index contributed by atoms with van der Waals surface area (Å²) >= 11 is 0. The molecule has 94 valence electrons. The van der Waals surface area contributed by atoms with Crippen molar-refractivity contribution in [3.05, 3.63) is 23.8 Å². The van der Waals surface area contributed by atoms with Gasteiger partial charge in [0.15, 0.2) is 9.84 Å². The van der Waals surface area contributed by atoms with Crippen LogP contribution >= 0.6 is 0 Å². The average Bonchev–Trinajstić information content (AvgIpc) is 2.28. The highest BCUT2D eigenvalue weighted by molar-refractivity contribution is 7.91. The molecule has 1 aliphatic heterocycles. The summed E-state index contributed by atoms with van der Waals surface area (Å²) in [5.74, 6) is 0.256. The quantitative estimate of drug-likeness (QED) is 0.869. The highest BCUT2D eigenvalue weighted by Crippen LogP contribution is 2.28. The molecule has 4 nitrogen and oxygen atoms in total. The van der Waals surface area contributed by atoms with E-state index in [1.54, 1.807) is 12.1 Å². The fourth-order valence-corrected chi connectivity index (χ4v) is 3.72. The molecule has 1 aliphatic rings. The van der Waals surface area contributed by atoms with Crippen molar-refractivity contribution < 1.29 is 13.5 Å². The van der Waals surface area contributed by atoms with Gasteiger partial charge in [0.2, 0.25) is 0 Å². The molecular weight excluding hydrogens is 238 g/mol. The van der Waals surface area contributed by atoms with E-state index in [-0.39, 0.29) is 12.4 Å². The summed E-state index contributed by atoms with van der Waals surface area (Å²) < 4.78 is 23.7. The van der Waals surface area contributed by atoms with Crippen LogP contribution in [0.15, 0.2) is 23.1 Å². The van der Waals surface area contributed by atoms with Gasteiger partial charge in [-0.1, -0.05) is 0 Å². The molecule has 1 aromatic carbocycles. The molecule has 1 aromatic rings. The number of aliphatic hydroxyl groups is 1. The van der Waals surface area contributed by atoms with Gasteiger partial charge >= 0.3 is 0 Å². The molecule has 0 amide bonds. The summed E-state index contributed by atoms with van der Waals surface area (Å²) in [6, 6.07) is 5.41. The Labute approximate surface area is 102 Å². The first-order valence-corrected chi connectivity index (χ1v) is 7.37. The van der Waals surface area contributed by atoms with E-state index in [1.165, 1.54) is 0 Å². The van der Waals surface area contributed by atoms with Crippen molar-refractivity contribution in [2.24, 2.45) is 0 Å². The van der Waals surface area contributed by atoms with Crippen molar-refractivity contribution in [2.75, 3.05) is 30.9 Å². The minimum atomic E-state index is -3.06. The molecule has 0 spiro atoms. The zero-order valence-electron chi connectivity index (χ0n) is 9.89. The molecule has 0 radical (unpaired) electrons. The maximum atomic E-state index is 11.8. The molecule has 0 unspecified atom stereocenters. The number of nitrogens with zero attached hydrogens (tertiary/aromatic N) is 1. The van der Waals surface area contributed by atoms with Crippen molar-refractivity contribution in [1.82, 2.24) is 0 Å². The molecule has 0 aliphatic carbocycles. The molecule has 0 fully saturated rings. The molecule has 0 saturated heterocycles. The zero-order chi connectivity index (χ0) is 12.5. The number of benzene rings is 1. The molecule has 0 bridgehead atoms. The maximum Gasteiger partial charge on any atom is 0.178 e. The number of sulfone groups is 1. The second-order valence-corrected chi connectivity index (χ2v) is 6.44. The highest BCUT2D eigenvalue weighted by atomic mass is 32.2. The lowest BCUT2D eigenvalue weighted by Crippen LogP contribution is -2.22. The summed E-state index contributed by atoms with van der Waals surface area (Å²) in [5, 5.41) is 8.88. The Hall–Kier alpha value is -1.07. The van der Waals surface area contributed by atoms with Crippen LogP contribution in [0.1, 0.15) is 12.0 Å². The van der Waals surface area contributed by atoms with Gasteiger partial charge in [-0.15, -0.1) is 0 Å². The van der Waals surface area contributed by atoms with E-state index >= 15 is 0 Å². The first-order chi connectivity index (χ1) is 8.04. The highest BCUT2D eigenvalue weighted by Gasteiger charge is 2.23. The number of anilines is 1. The smallest absolute Gasteiger partial charge is 0.178 e. The average molecular weight is 255 g/mol. The van der Waals surface area contributed by atoms with Crippen LogP contribution in [0.2, 0.25) is 0 Å². The minimum absolute atomic E-state index is 0.0892. The van der Waals surface area contributed by atoms with Crippen LogP contribution in [-0.2, 0) is 16.3 Å². The monoisotopic (exact) mass is 255 g/mol. The molecule has 2 rings (SSSR count). The lowest BCUT2D eigenvalue weighted by Gasteiger charge is -2.22. The van der Waals surface area contributed by atoms with E-state index in [2.05, 4.69) is 0 Å². The summed E-state index contributed by atoms with van der Waals surface area (Å²) in [4.78, 5) is 2.39. The number of likely N-dealkylation sites (N-methyl/N-ethyl adjacent to an activating group) is 1. The Morgan fingerprint density at radius 1 is 1.41 bits per heavy atom. The number of aliphatic hydroxyl groups excluding tert-OH is 1. The maximum absolute atomic E-state index is 11.8. The predicted octanol–water partition coefficient (Wildman–Crippen LogP) is 0.835. The summed E-state index contributed by atoms with van der Waals surface area (Å²) in [7, 11) is -1.18. The second kappa shape index (κ2) is 4.66. The largest absolute Gasteiger partial charge is 0.395 e. The fraction of sp³-hybridized carbons (Fsp3) is 0.500. The van der Waals surface area contributed by atoms with Gasteiger partial charge in [0.1, 0.15) is 0 Å². The summed E-state index contributed by atoms with van der Waals surface area (Å²) in [5.41, 5.74) is 1.86. The van der Waals surface area contributed by atoms with Crippen LogP contribution in [0.4, 0.5) is 5.69 Å². The van der Waals surface area contributed by atoms with Gasteiger partial charge in [-0.3, -0.25) is 0 Å². The topological polar surface area (TPSA) is 57.6 Å². The van der Waals surface area contributed by atoms with E-state index in [0.29, 0.717) is 17.9 Å². The number of fused-ring (bicyclic) bond motifs is 1. The fourth-order valence-electron chi connectivity index (χ4n) is 2.14. The summed E-state index contributed by atoms with van der Waals surface area (Å²) in [6.45, 7) is 0.636. The van der Waals surface area contributed by atoms with E-state index in [1.807, 2.05) is 18.0 Å². The Morgan fingerprint density at radius 3 is 2.88 bits per heavy atom. The molecule has 1 heterocycles. The van der Waals surface area contributed by atoms with Crippen LogP contribution in [0.5, 0.6) is 0 Å². The predicted molar refractivity (Wildman–Crippen MR) is 67.2 cm³/mol. The second-order valence-electron chi connectivity index (χ2n) is 4.36. The molecule has 0 saturated carbocycles. The van der Waals surface area contributed by atoms with Crippen molar-refractivity contribution in [1.29, 1.82) is 0 Å². The van der Waals surface area contributed by atoms with Gasteiger partial charge < -0.3 is 10.0 Å². The van der Waals surface area contributed by atoms with Crippen molar-refractivity contribution >= 4 is 15.5 Å². The van der Waals surface area contributed by atoms with Crippen LogP contribution in [-0.4, -0.2) is 39.5 Å². The molecule has 0 aromatic heterocycles. The lowest BCUT2D eigenvalue weighted by atomic mass is 10.1. The zero-order valence-corrected chi connectivity index (χ0v) is 10.7. The first kappa shape index (κ1) is 12.4. The molecular formula is C12H17NO3S. The van der Waals surface area contributed by atoms with Gasteiger partial charge in [0, 0.05) is 19.3 Å². The number of hydrogen-bond donors (Lipinski definition) is 1. The lowest BCUT2D eigenvalue weighted by molar-refractivity contribution is 0.304. The van der Waals surface area contributed by atoms with Gasteiger partial charge in [0.25, 0.3) is 0 Å². The van der Waals surface area contributed by atoms with Crippen LogP contribution in [0, 0.1) is 0 Å². The third kappa shape index (κ3) is 2.45. The van der Waals surface area contributed by atoms with Gasteiger partial charge in [-0.05, 0) is 36.6 Å². The third-order valence-electron chi connectivity index (χ3n) is 3.11. The number of rotatable bonds is 3. The Kier molecular flexibility index (Phi) is 3.40. The van der Waals surface area contributed by atoms with Gasteiger partial charge in [-0.25, -0.2) is 8.42 Å². The van der Waals surface area contributed by atoms with Crippen LogP contribution < -0.4 is 4.90 Å². The van der Waals surface area contributed by atoms with Gasteiger partial charge in [-0.2, -0.15) is 0 Å². The third-order valence-corrected chi connectivity index (χ3v) is 5.01. The van der Waals surface area contributed by atoms with E-state index in [4.69, 9.17) is 5.11 Å². The van der Waals surface area contributed by atoms with Gasteiger partial charge in [0.05, 0.1) is 17.3 Å². The minimum Gasteiger partial charge on any atom is -0.395 e. The Balaban J connectivity index is 2.38. The van der Waals surface area contributed by atoms with E-state index in [0.717, 1.165) is 17.7 Å². The molecule has 0 atom stereocenters. The Morgan fingerprint density at radius 2 is 2.18 bits per heavy atom. The van der Waals surface area contributed by atoms with Crippen molar-refractivity contribution in [3.63, 3.8) is 0 Å². The standard InChI is InChI=1S/C12H17NO3S/c1-13(6-7-14)11-4-5-12-10(9-11)3-2-8-17(12,15)16/h4-5,9,14H,2-3,6-8H2,1H3.